The van der Waals surface area contributed by atoms with Crippen molar-refractivity contribution in [1.82, 2.24) is 9.47 Å². The molecular formula is C14H20N2O3. The molecule has 0 fully saturated rings. The highest BCUT2D eigenvalue weighted by molar-refractivity contribution is 5.69. The van der Waals surface area contributed by atoms with E-state index < -0.39 is 5.60 Å². The maximum absolute atomic E-state index is 12.1. The summed E-state index contributed by atoms with van der Waals surface area (Å²) in [5.41, 5.74) is 2.34. The fraction of sp³-hybridized carbons (Fsp3) is 0.571. The number of aromatic nitrogens is 1. The van der Waals surface area contributed by atoms with Crippen molar-refractivity contribution < 1.29 is 9.53 Å². The van der Waals surface area contributed by atoms with Crippen LogP contribution in [0.3, 0.4) is 0 Å². The second kappa shape index (κ2) is 4.40. The number of nitrogens with zero attached hydrogens (tertiary/aromatic N) is 2. The minimum atomic E-state index is -0.507. The number of hydrogen-bond donors (Lipinski definition) is 0. The molecule has 5 nitrogen and oxygen atoms in total. The number of fused-ring (bicyclic) bond motifs is 1. The molecule has 0 unspecified atom stereocenters. The average Bonchev–Trinajstić information content (AvgIpc) is 2.69. The number of carbonyl (C=O) groups excluding carboxylic acids is 1. The first-order valence-electron chi connectivity index (χ1n) is 6.35. The summed E-state index contributed by atoms with van der Waals surface area (Å²) in [5.74, 6) is 0. The van der Waals surface area contributed by atoms with Gasteiger partial charge in [0.25, 0.3) is 5.56 Å². The molecule has 0 bridgehead atoms. The second-order valence-corrected chi connectivity index (χ2v) is 5.99. The van der Waals surface area contributed by atoms with Crippen LogP contribution in [0.25, 0.3) is 0 Å². The van der Waals surface area contributed by atoms with E-state index in [0.717, 1.165) is 16.8 Å². The third-order valence-corrected chi connectivity index (χ3v) is 3.24. The Morgan fingerprint density at radius 3 is 2.53 bits per heavy atom. The largest absolute Gasteiger partial charge is 0.444 e. The molecule has 0 atom stereocenters. The van der Waals surface area contributed by atoms with Crippen molar-refractivity contribution in [2.45, 2.75) is 46.4 Å². The number of carbonyl (C=O) groups is 1. The molecule has 0 saturated heterocycles. The lowest BCUT2D eigenvalue weighted by Crippen LogP contribution is -2.33. The van der Waals surface area contributed by atoms with Gasteiger partial charge in [0.05, 0.1) is 13.1 Å². The van der Waals surface area contributed by atoms with Crippen molar-refractivity contribution in [2.75, 3.05) is 0 Å². The molecule has 0 radical (unpaired) electrons. The fourth-order valence-electron chi connectivity index (χ4n) is 2.23. The van der Waals surface area contributed by atoms with Gasteiger partial charge in [-0.05, 0) is 38.8 Å². The van der Waals surface area contributed by atoms with E-state index in [-0.39, 0.29) is 11.7 Å². The number of ether oxygens (including phenoxy) is 1. The number of pyridine rings is 1. The van der Waals surface area contributed by atoms with Crippen molar-refractivity contribution in [1.29, 1.82) is 0 Å². The zero-order valence-corrected chi connectivity index (χ0v) is 12.1. The Hall–Kier alpha value is -1.78. The van der Waals surface area contributed by atoms with E-state index in [9.17, 15) is 9.59 Å². The molecule has 5 heteroatoms. The van der Waals surface area contributed by atoms with Crippen LogP contribution >= 0.6 is 0 Å². The van der Waals surface area contributed by atoms with Crippen LogP contribution in [0.2, 0.25) is 0 Å². The van der Waals surface area contributed by atoms with Crippen molar-refractivity contribution >= 4 is 6.09 Å². The number of rotatable bonds is 0. The highest BCUT2D eigenvalue weighted by Crippen LogP contribution is 2.25. The summed E-state index contributed by atoms with van der Waals surface area (Å²) >= 11 is 0. The van der Waals surface area contributed by atoms with Crippen LogP contribution in [0.4, 0.5) is 4.79 Å². The average molecular weight is 264 g/mol. The van der Waals surface area contributed by atoms with Crippen LogP contribution in [0.15, 0.2) is 10.9 Å². The van der Waals surface area contributed by atoms with Gasteiger partial charge in [0.2, 0.25) is 0 Å². The van der Waals surface area contributed by atoms with Crippen molar-refractivity contribution in [2.24, 2.45) is 7.05 Å². The van der Waals surface area contributed by atoms with E-state index in [1.54, 1.807) is 22.6 Å². The summed E-state index contributed by atoms with van der Waals surface area (Å²) in [7, 11) is 1.74. The van der Waals surface area contributed by atoms with E-state index in [1.807, 2.05) is 27.7 Å². The van der Waals surface area contributed by atoms with Crippen molar-refractivity contribution in [3.8, 4) is 0 Å². The van der Waals surface area contributed by atoms with Crippen LogP contribution in [0.1, 0.15) is 37.6 Å². The Kier molecular flexibility index (Phi) is 3.16. The minimum absolute atomic E-state index is 0.0395. The zero-order valence-electron chi connectivity index (χ0n) is 12.1. The van der Waals surface area contributed by atoms with E-state index in [4.69, 9.17) is 4.74 Å². The summed E-state index contributed by atoms with van der Waals surface area (Å²) in [4.78, 5) is 25.4. The first kappa shape index (κ1) is 13.6. The molecule has 0 N–H and O–H groups in total. The van der Waals surface area contributed by atoms with Gasteiger partial charge in [-0.1, -0.05) is 0 Å². The van der Waals surface area contributed by atoms with Crippen LogP contribution in [0.5, 0.6) is 0 Å². The highest BCUT2D eigenvalue weighted by atomic mass is 16.6. The van der Waals surface area contributed by atoms with Gasteiger partial charge in [-0.2, -0.15) is 0 Å². The Labute approximate surface area is 112 Å². The monoisotopic (exact) mass is 264 g/mol. The molecule has 1 amide bonds. The summed E-state index contributed by atoms with van der Waals surface area (Å²) in [5, 5.41) is 0. The molecule has 0 aromatic carbocycles. The summed E-state index contributed by atoms with van der Waals surface area (Å²) in [6.45, 7) is 8.36. The Morgan fingerprint density at radius 2 is 1.95 bits per heavy atom. The molecule has 104 valence electrons. The third kappa shape index (κ3) is 2.64. The second-order valence-electron chi connectivity index (χ2n) is 5.99. The topological polar surface area (TPSA) is 51.5 Å². The van der Waals surface area contributed by atoms with Gasteiger partial charge in [-0.15, -0.1) is 0 Å². The molecule has 0 aliphatic carbocycles. The quantitative estimate of drug-likeness (QED) is 0.719. The number of aryl methyl sites for hydroxylation is 1. The van der Waals surface area contributed by atoms with E-state index in [1.165, 1.54) is 0 Å². The maximum Gasteiger partial charge on any atom is 0.410 e. The first-order valence-corrected chi connectivity index (χ1v) is 6.35. The van der Waals surface area contributed by atoms with Gasteiger partial charge in [-0.3, -0.25) is 9.69 Å². The number of amides is 1. The SMILES string of the molecule is Cc1cc(=O)n(C)c2c1CN(C(=O)OC(C)(C)C)C2. The Bertz CT molecular complexity index is 582. The molecule has 1 aliphatic rings. The lowest BCUT2D eigenvalue weighted by molar-refractivity contribution is 0.0240. The normalized spacial score (nSPS) is 14.5. The highest BCUT2D eigenvalue weighted by Gasteiger charge is 2.30. The maximum atomic E-state index is 12.1. The van der Waals surface area contributed by atoms with Crippen LogP contribution in [-0.4, -0.2) is 21.2 Å². The summed E-state index contributed by atoms with van der Waals surface area (Å²) in [6, 6.07) is 1.61. The molecule has 2 heterocycles. The lowest BCUT2D eigenvalue weighted by Gasteiger charge is -2.24. The van der Waals surface area contributed by atoms with Gasteiger partial charge in [0.1, 0.15) is 5.60 Å². The van der Waals surface area contributed by atoms with Crippen LogP contribution in [0, 0.1) is 6.92 Å². The Morgan fingerprint density at radius 1 is 1.32 bits per heavy atom. The number of hydrogen-bond acceptors (Lipinski definition) is 3. The van der Waals surface area contributed by atoms with Gasteiger partial charge in [0.15, 0.2) is 0 Å². The van der Waals surface area contributed by atoms with Crippen molar-refractivity contribution in [3.05, 3.63) is 33.2 Å². The molecule has 1 aromatic heterocycles. The molecule has 1 aromatic rings. The van der Waals surface area contributed by atoms with E-state index in [0.29, 0.717) is 13.1 Å². The van der Waals surface area contributed by atoms with E-state index >= 15 is 0 Å². The zero-order chi connectivity index (χ0) is 14.4. The van der Waals surface area contributed by atoms with Crippen molar-refractivity contribution in [3.63, 3.8) is 0 Å². The molecule has 1 aliphatic heterocycles. The fourth-order valence-corrected chi connectivity index (χ4v) is 2.23. The smallest absolute Gasteiger partial charge is 0.410 e. The third-order valence-electron chi connectivity index (χ3n) is 3.24. The van der Waals surface area contributed by atoms with Gasteiger partial charge >= 0.3 is 6.09 Å². The summed E-state index contributed by atoms with van der Waals surface area (Å²) < 4.78 is 6.97. The standard InChI is InChI=1S/C14H20N2O3/c1-9-6-12(17)15(5)11-8-16(7-10(9)11)13(18)19-14(2,3)4/h6H,7-8H2,1-5H3. The Balaban J connectivity index is 2.26. The van der Waals surface area contributed by atoms with E-state index in [2.05, 4.69) is 0 Å². The summed E-state index contributed by atoms with van der Waals surface area (Å²) in [6.07, 6.45) is -0.337. The molecule has 2 rings (SSSR count). The lowest BCUT2D eigenvalue weighted by atomic mass is 10.1. The first-order chi connectivity index (χ1) is 8.69. The van der Waals surface area contributed by atoms with Gasteiger partial charge in [-0.25, -0.2) is 4.79 Å². The predicted molar refractivity (Wildman–Crippen MR) is 71.9 cm³/mol. The predicted octanol–water partition coefficient (Wildman–Crippen LogP) is 1.94. The van der Waals surface area contributed by atoms with Gasteiger partial charge in [0, 0.05) is 18.8 Å². The van der Waals surface area contributed by atoms with Gasteiger partial charge < -0.3 is 9.30 Å². The molecule has 0 saturated carbocycles. The van der Waals surface area contributed by atoms with Crippen LogP contribution < -0.4 is 5.56 Å². The van der Waals surface area contributed by atoms with Crippen LogP contribution in [-0.2, 0) is 24.9 Å². The molecular weight excluding hydrogens is 244 g/mol. The molecule has 19 heavy (non-hydrogen) atoms. The molecule has 0 spiro atoms. The minimum Gasteiger partial charge on any atom is -0.444 e.